The van der Waals surface area contributed by atoms with Crippen molar-refractivity contribution in [2.75, 3.05) is 6.61 Å². The largest absolute Gasteiger partial charge is 0.396 e. The number of thiophene rings is 1. The van der Waals surface area contributed by atoms with Crippen LogP contribution in [0.4, 0.5) is 0 Å². The van der Waals surface area contributed by atoms with Gasteiger partial charge >= 0.3 is 0 Å². The first-order valence-electron chi connectivity index (χ1n) is 9.57. The molecule has 0 aliphatic heterocycles. The van der Waals surface area contributed by atoms with Gasteiger partial charge in [0.25, 0.3) is 0 Å². The van der Waals surface area contributed by atoms with Gasteiger partial charge in [0.1, 0.15) is 0 Å². The first-order valence-corrected chi connectivity index (χ1v) is 10.5. The number of hydrogen-bond acceptors (Lipinski definition) is 5. The molecule has 0 radical (unpaired) electrons. The monoisotopic (exact) mass is 381 g/mol. The molecule has 2 saturated carbocycles. The first-order chi connectivity index (χ1) is 12.3. The second kappa shape index (κ2) is 7.58. The maximum atomic E-state index is 12.5. The van der Waals surface area contributed by atoms with Gasteiger partial charge in [-0.05, 0) is 54.4 Å². The van der Waals surface area contributed by atoms with E-state index in [0.717, 1.165) is 17.7 Å². The number of fused-ring (bicyclic) bond motifs is 1. The molecule has 1 aromatic rings. The van der Waals surface area contributed by atoms with Crippen LogP contribution < -0.4 is 5.32 Å². The maximum Gasteiger partial charge on any atom is 0.220 e. The summed E-state index contributed by atoms with van der Waals surface area (Å²) < 4.78 is 0. The summed E-state index contributed by atoms with van der Waals surface area (Å²) in [6.07, 6.45) is 2.01. The number of hydrogen-bond donors (Lipinski definition) is 4. The summed E-state index contributed by atoms with van der Waals surface area (Å²) in [7, 11) is 0. The van der Waals surface area contributed by atoms with Gasteiger partial charge in [0.15, 0.2) is 0 Å². The SMILES string of the molecule is C[C@]1(CO)[C@H]2CC[C@@H](O)[C@@H](CC(=O)NCc3cccs3)[C@]2(C)CC[C@H]1O. The average Bonchev–Trinajstić information content (AvgIpc) is 3.13. The third kappa shape index (κ3) is 3.44. The Labute approximate surface area is 159 Å². The van der Waals surface area contributed by atoms with E-state index < -0.39 is 17.6 Å². The van der Waals surface area contributed by atoms with E-state index in [1.54, 1.807) is 11.3 Å². The highest BCUT2D eigenvalue weighted by Gasteiger charge is 2.58. The smallest absolute Gasteiger partial charge is 0.220 e. The molecule has 0 unspecified atom stereocenters. The molecule has 0 saturated heterocycles. The average molecular weight is 382 g/mol. The second-order valence-corrected chi connectivity index (χ2v) is 9.62. The molecule has 2 aliphatic carbocycles. The Balaban J connectivity index is 1.73. The van der Waals surface area contributed by atoms with Crippen molar-refractivity contribution in [2.45, 2.75) is 64.7 Å². The van der Waals surface area contributed by atoms with Crippen LogP contribution in [-0.2, 0) is 11.3 Å². The number of carbonyl (C=O) groups is 1. The van der Waals surface area contributed by atoms with Crippen LogP contribution in [0.3, 0.4) is 0 Å². The first kappa shape index (κ1) is 19.8. The van der Waals surface area contributed by atoms with Crippen LogP contribution in [-0.4, -0.2) is 40.0 Å². The van der Waals surface area contributed by atoms with E-state index in [1.807, 2.05) is 24.4 Å². The molecule has 0 bridgehead atoms. The Hall–Kier alpha value is -0.950. The quantitative estimate of drug-likeness (QED) is 0.630. The predicted octanol–water partition coefficient (Wildman–Crippen LogP) is 2.30. The van der Waals surface area contributed by atoms with Crippen molar-refractivity contribution < 1.29 is 20.1 Å². The fourth-order valence-corrected chi connectivity index (χ4v) is 6.12. The van der Waals surface area contributed by atoms with Crippen LogP contribution in [0.2, 0.25) is 0 Å². The number of amides is 1. The fourth-order valence-electron chi connectivity index (χ4n) is 5.47. The van der Waals surface area contributed by atoms with Crippen LogP contribution >= 0.6 is 11.3 Å². The summed E-state index contributed by atoms with van der Waals surface area (Å²) in [4.78, 5) is 13.7. The maximum absolute atomic E-state index is 12.5. The third-order valence-corrected chi connectivity index (χ3v) is 8.03. The van der Waals surface area contributed by atoms with Crippen LogP contribution in [0, 0.1) is 22.7 Å². The second-order valence-electron chi connectivity index (χ2n) is 8.59. The van der Waals surface area contributed by atoms with Crippen molar-refractivity contribution in [1.29, 1.82) is 0 Å². The molecule has 1 aromatic heterocycles. The van der Waals surface area contributed by atoms with Gasteiger partial charge in [0, 0.05) is 16.7 Å². The summed E-state index contributed by atoms with van der Waals surface area (Å²) in [6.45, 7) is 4.54. The summed E-state index contributed by atoms with van der Waals surface area (Å²) in [6, 6.07) is 3.96. The lowest BCUT2D eigenvalue weighted by Crippen LogP contribution is -2.60. The Bertz CT molecular complexity index is 621. The van der Waals surface area contributed by atoms with E-state index in [4.69, 9.17) is 0 Å². The number of nitrogens with one attached hydrogen (secondary N) is 1. The molecule has 4 N–H and O–H groups in total. The molecule has 6 heteroatoms. The highest BCUT2D eigenvalue weighted by molar-refractivity contribution is 7.09. The van der Waals surface area contributed by atoms with E-state index in [9.17, 15) is 20.1 Å². The van der Waals surface area contributed by atoms with Gasteiger partial charge in [-0.2, -0.15) is 0 Å². The van der Waals surface area contributed by atoms with Crippen LogP contribution in [0.15, 0.2) is 17.5 Å². The third-order valence-electron chi connectivity index (χ3n) is 7.16. The van der Waals surface area contributed by atoms with Crippen molar-refractivity contribution >= 4 is 17.2 Å². The van der Waals surface area contributed by atoms with Crippen LogP contribution in [0.25, 0.3) is 0 Å². The van der Waals surface area contributed by atoms with Gasteiger partial charge in [-0.3, -0.25) is 4.79 Å². The lowest BCUT2D eigenvalue weighted by atomic mass is 9.46. The van der Waals surface area contributed by atoms with Gasteiger partial charge in [0.05, 0.1) is 25.4 Å². The fraction of sp³-hybridized carbons (Fsp3) is 0.750. The van der Waals surface area contributed by atoms with E-state index in [2.05, 4.69) is 12.2 Å². The lowest BCUT2D eigenvalue weighted by molar-refractivity contribution is -0.185. The molecule has 1 amide bonds. The van der Waals surface area contributed by atoms with Crippen molar-refractivity contribution in [3.05, 3.63) is 22.4 Å². The highest BCUT2D eigenvalue weighted by Crippen LogP contribution is 2.60. The molecule has 3 rings (SSSR count). The van der Waals surface area contributed by atoms with E-state index in [0.29, 0.717) is 19.4 Å². The molecular formula is C20H31NO4S. The molecule has 26 heavy (non-hydrogen) atoms. The molecule has 2 aliphatic rings. The predicted molar refractivity (Wildman–Crippen MR) is 102 cm³/mol. The summed E-state index contributed by atoms with van der Waals surface area (Å²) in [5, 5.41) is 36.1. The Kier molecular flexibility index (Phi) is 5.78. The zero-order chi connectivity index (χ0) is 18.9. The Morgan fingerprint density at radius 2 is 2.08 bits per heavy atom. The van der Waals surface area contributed by atoms with Crippen LogP contribution in [0.1, 0.15) is 50.8 Å². The number of aliphatic hydroxyl groups excluding tert-OH is 3. The zero-order valence-corrected chi connectivity index (χ0v) is 16.5. The minimum Gasteiger partial charge on any atom is -0.396 e. The van der Waals surface area contributed by atoms with Gasteiger partial charge in [-0.25, -0.2) is 0 Å². The molecule has 1 heterocycles. The topological polar surface area (TPSA) is 89.8 Å². The van der Waals surface area contributed by atoms with Crippen molar-refractivity contribution in [1.82, 2.24) is 5.32 Å². The molecule has 5 nitrogen and oxygen atoms in total. The van der Waals surface area contributed by atoms with Gasteiger partial charge < -0.3 is 20.6 Å². The normalized spacial score (nSPS) is 40.0. The highest BCUT2D eigenvalue weighted by atomic mass is 32.1. The van der Waals surface area contributed by atoms with Crippen molar-refractivity contribution in [2.24, 2.45) is 22.7 Å². The van der Waals surface area contributed by atoms with Crippen molar-refractivity contribution in [3.8, 4) is 0 Å². The zero-order valence-electron chi connectivity index (χ0n) is 15.6. The van der Waals surface area contributed by atoms with Crippen molar-refractivity contribution in [3.63, 3.8) is 0 Å². The minimum atomic E-state index is -0.571. The van der Waals surface area contributed by atoms with Crippen LogP contribution in [0.5, 0.6) is 0 Å². The molecular weight excluding hydrogens is 350 g/mol. The number of rotatable bonds is 5. The summed E-state index contributed by atoms with van der Waals surface area (Å²) >= 11 is 1.61. The summed E-state index contributed by atoms with van der Waals surface area (Å²) in [5.74, 6) is -0.0913. The molecule has 6 atom stereocenters. The molecule has 146 valence electrons. The Morgan fingerprint density at radius 3 is 2.73 bits per heavy atom. The van der Waals surface area contributed by atoms with E-state index in [1.165, 1.54) is 0 Å². The Morgan fingerprint density at radius 1 is 1.31 bits per heavy atom. The van der Waals surface area contributed by atoms with E-state index >= 15 is 0 Å². The molecule has 2 fully saturated rings. The number of aliphatic hydroxyl groups is 3. The minimum absolute atomic E-state index is 0.0406. The number of carbonyl (C=O) groups excluding carboxylic acids is 1. The van der Waals surface area contributed by atoms with E-state index in [-0.39, 0.29) is 36.2 Å². The standard InChI is InChI=1S/C20H31NO4S/c1-19-8-7-17(24)20(2,12-22)16(19)6-5-15(23)14(19)10-18(25)21-11-13-4-3-9-26-13/h3-4,9,14-17,22-24H,5-8,10-12H2,1-2H3,(H,21,25)/t14-,15-,16+,17-,19+,20+/m1/s1. The van der Waals surface area contributed by atoms with Gasteiger partial charge in [0.2, 0.25) is 5.91 Å². The molecule has 0 aromatic carbocycles. The van der Waals surface area contributed by atoms with Gasteiger partial charge in [-0.1, -0.05) is 19.9 Å². The summed E-state index contributed by atoms with van der Waals surface area (Å²) in [5.41, 5.74) is -0.826. The lowest BCUT2D eigenvalue weighted by Gasteiger charge is -2.60. The molecule has 0 spiro atoms. The van der Waals surface area contributed by atoms with Gasteiger partial charge in [-0.15, -0.1) is 11.3 Å².